The van der Waals surface area contributed by atoms with E-state index in [0.717, 1.165) is 30.3 Å². The number of hydrogen-bond acceptors (Lipinski definition) is 15. The van der Waals surface area contributed by atoms with Gasteiger partial charge in [0, 0.05) is 68.0 Å². The van der Waals surface area contributed by atoms with Crippen LogP contribution in [0, 0.1) is 13.8 Å². The molecule has 0 fully saturated rings. The second kappa shape index (κ2) is 22.4. The zero-order chi connectivity index (χ0) is 60.0. The van der Waals surface area contributed by atoms with Crippen LogP contribution in [0.25, 0.3) is 21.5 Å². The van der Waals surface area contributed by atoms with E-state index in [4.69, 9.17) is 0 Å². The lowest BCUT2D eigenvalue weighted by Crippen LogP contribution is -2.16. The van der Waals surface area contributed by atoms with Crippen LogP contribution in [-0.4, -0.2) is 94.3 Å². The summed E-state index contributed by atoms with van der Waals surface area (Å²) in [5, 5.41) is 8.01. The quantitative estimate of drug-likeness (QED) is 0.0407. The Morgan fingerprint density at radius 1 is 0.354 bits per heavy atom. The number of aryl methyl sites for hydroxylation is 2. The highest BCUT2D eigenvalue weighted by Gasteiger charge is 2.29. The summed E-state index contributed by atoms with van der Waals surface area (Å²) in [6, 6.07) is 28.2. The number of amides is 4. The monoisotopic (exact) mass is 1210 g/mol. The van der Waals surface area contributed by atoms with E-state index < -0.39 is 121 Å². The number of Topliss-reactive ketones (excluding diaryl/α,β-unsaturated/α-hetero) is 1. The van der Waals surface area contributed by atoms with Gasteiger partial charge in [-0.3, -0.25) is 46.7 Å². The first kappa shape index (κ1) is 59.5. The molecule has 0 aromatic heterocycles. The number of hydrogen-bond donors (Lipinski definition) is 9. The molecule has 4 amide bonds. The van der Waals surface area contributed by atoms with Crippen LogP contribution in [0.15, 0.2) is 164 Å². The molecule has 0 spiro atoms. The van der Waals surface area contributed by atoms with Crippen molar-refractivity contribution < 1.29 is 88.8 Å². The first-order valence-corrected chi connectivity index (χ1v) is 30.6. The van der Waals surface area contributed by atoms with Crippen molar-refractivity contribution in [3.63, 3.8) is 0 Å². The van der Waals surface area contributed by atoms with Crippen molar-refractivity contribution in [2.24, 2.45) is 0 Å². The van der Waals surface area contributed by atoms with Gasteiger partial charge in [0.25, 0.3) is 74.2 Å². The smallest absolute Gasteiger partial charge is 0.295 e. The van der Waals surface area contributed by atoms with Gasteiger partial charge in [-0.1, -0.05) is 48.5 Å². The lowest BCUT2D eigenvalue weighted by Gasteiger charge is -2.16. The van der Waals surface area contributed by atoms with Gasteiger partial charge in [-0.05, 0) is 127 Å². The Labute approximate surface area is 467 Å². The molecular weight excluding hydrogens is 1170 g/mol. The molecule has 9 N–H and O–H groups in total. The van der Waals surface area contributed by atoms with Gasteiger partial charge >= 0.3 is 0 Å². The Hall–Kier alpha value is -8.62. The molecule has 0 heterocycles. The minimum absolute atomic E-state index is 0.0208. The Morgan fingerprint density at radius 2 is 0.720 bits per heavy atom. The number of anilines is 4. The van der Waals surface area contributed by atoms with Crippen molar-refractivity contribution in [2.45, 2.75) is 51.2 Å². The fraction of sp³-hybridized carbons (Fsp3) is 0.0755. The first-order chi connectivity index (χ1) is 38.2. The third-order valence-corrected chi connectivity index (χ3v) is 17.0. The molecule has 8 rings (SSSR count). The van der Waals surface area contributed by atoms with Crippen LogP contribution in [0.2, 0.25) is 0 Å². The standard InChI is InChI=1S/C53H42N4O20S5/c1-28-6-12-34(52(61)54-40-18-20-44(79(66,67)68)38-4-3-5-46(48(38)40)81(72,73)74)24-42(28)56-50(59)32-14-8-30(9-15-32)22-36(58)23-31-10-16-33(17-11-31)51(60)57-43-25-35(13-7-29(43)2)53(62)55-41-19-21-45(80(69,70)71)39-26-37(78(63,64)65)27-47(49(39)41)82(75,76)77/h3-21,24-27H,22-23H2,1-2H3,(H,54,61)(H,55,62)(H,56,59)(H,57,60)(H,63,64,65)(H,66,67,68)(H,69,70,71)(H,72,73,74)(H,75,76,77). The molecular formula is C53H42N4O20S5. The lowest BCUT2D eigenvalue weighted by molar-refractivity contribution is -0.117. The van der Waals surface area contributed by atoms with E-state index in [1.54, 1.807) is 38.1 Å². The maximum absolute atomic E-state index is 13.6. The molecule has 0 saturated carbocycles. The molecule has 24 nitrogen and oxygen atoms in total. The fourth-order valence-corrected chi connectivity index (χ4v) is 12.1. The third-order valence-electron chi connectivity index (χ3n) is 12.6. The van der Waals surface area contributed by atoms with E-state index in [1.807, 2.05) is 0 Å². The highest BCUT2D eigenvalue weighted by molar-refractivity contribution is 7.87. The van der Waals surface area contributed by atoms with Crippen LogP contribution < -0.4 is 21.3 Å². The molecule has 0 aliphatic carbocycles. The van der Waals surface area contributed by atoms with Gasteiger partial charge in [-0.2, -0.15) is 42.1 Å². The van der Waals surface area contributed by atoms with Crippen molar-refractivity contribution in [2.75, 3.05) is 21.3 Å². The SMILES string of the molecule is Cc1ccc(C(=O)Nc2ccc(S(=O)(=O)O)c3cccc(S(=O)(=O)O)c23)cc1NC(=O)c1ccc(CC(=O)Cc2ccc(C(=O)Nc3cc(C(=O)Nc4ccc(S(=O)(=O)O)c5cc(S(=O)(=O)O)cc(S(=O)(=O)O)c45)ccc3C)cc2)cc1. The summed E-state index contributed by atoms with van der Waals surface area (Å²) >= 11 is 0. The van der Waals surface area contributed by atoms with E-state index in [1.165, 1.54) is 66.7 Å². The summed E-state index contributed by atoms with van der Waals surface area (Å²) in [6.45, 7) is 3.26. The molecule has 0 aliphatic rings. The maximum Gasteiger partial charge on any atom is 0.295 e. The van der Waals surface area contributed by atoms with Crippen LogP contribution >= 0.6 is 0 Å². The molecule has 424 valence electrons. The number of benzene rings is 8. The molecule has 0 radical (unpaired) electrons. The zero-order valence-corrected chi connectivity index (χ0v) is 46.2. The molecule has 0 bridgehead atoms. The van der Waals surface area contributed by atoms with Gasteiger partial charge in [0.05, 0.1) is 16.3 Å². The summed E-state index contributed by atoms with van der Waals surface area (Å²) in [6.07, 6.45) is -0.0788. The Morgan fingerprint density at radius 3 is 1.12 bits per heavy atom. The Kier molecular flexibility index (Phi) is 16.2. The highest BCUT2D eigenvalue weighted by Crippen LogP contribution is 2.38. The average molecular weight is 1220 g/mol. The maximum atomic E-state index is 13.6. The van der Waals surface area contributed by atoms with E-state index >= 15 is 0 Å². The minimum Gasteiger partial charge on any atom is -0.322 e. The van der Waals surface area contributed by atoms with Gasteiger partial charge in [-0.15, -0.1) is 0 Å². The van der Waals surface area contributed by atoms with Crippen molar-refractivity contribution in [1.29, 1.82) is 0 Å². The van der Waals surface area contributed by atoms with Crippen LogP contribution in [0.4, 0.5) is 22.7 Å². The number of carbonyl (C=O) groups is 5. The highest BCUT2D eigenvalue weighted by atomic mass is 32.2. The van der Waals surface area contributed by atoms with Crippen LogP contribution in [0.1, 0.15) is 63.7 Å². The topological polar surface area (TPSA) is 405 Å². The Balaban J connectivity index is 0.892. The van der Waals surface area contributed by atoms with Gasteiger partial charge in [0.1, 0.15) is 25.4 Å². The average Bonchev–Trinajstić information content (AvgIpc) is 2.27. The predicted octanol–water partition coefficient (Wildman–Crippen LogP) is 7.21. The summed E-state index contributed by atoms with van der Waals surface area (Å²) in [5.41, 5.74) is 1.95. The molecule has 0 aliphatic heterocycles. The first-order valence-electron chi connectivity index (χ1n) is 23.4. The molecule has 8 aromatic carbocycles. The lowest BCUT2D eigenvalue weighted by atomic mass is 10.0. The van der Waals surface area contributed by atoms with Crippen molar-refractivity contribution >= 4 is 124 Å². The summed E-state index contributed by atoms with van der Waals surface area (Å²) in [7, 11) is -25.7. The number of fused-ring (bicyclic) bond motifs is 2. The molecule has 29 heteroatoms. The van der Waals surface area contributed by atoms with Gasteiger partial charge in [-0.25, -0.2) is 0 Å². The number of rotatable bonds is 17. The van der Waals surface area contributed by atoms with Gasteiger partial charge in [0.2, 0.25) is 0 Å². The second-order valence-electron chi connectivity index (χ2n) is 18.3. The molecule has 82 heavy (non-hydrogen) atoms. The van der Waals surface area contributed by atoms with E-state index in [0.29, 0.717) is 40.5 Å². The molecule has 0 unspecified atom stereocenters. The van der Waals surface area contributed by atoms with Crippen molar-refractivity contribution in [3.05, 3.63) is 184 Å². The van der Waals surface area contributed by atoms with Crippen LogP contribution in [0.5, 0.6) is 0 Å². The predicted molar refractivity (Wildman–Crippen MR) is 296 cm³/mol. The number of ketones is 1. The number of carbonyl (C=O) groups excluding carboxylic acids is 5. The summed E-state index contributed by atoms with van der Waals surface area (Å²) in [4.78, 5) is 62.3. The molecule has 8 aromatic rings. The molecule has 0 saturated heterocycles. The number of nitrogens with one attached hydrogen (secondary N) is 4. The van der Waals surface area contributed by atoms with Crippen LogP contribution in [-0.2, 0) is 68.2 Å². The third kappa shape index (κ3) is 13.2. The van der Waals surface area contributed by atoms with E-state index in [-0.39, 0.29) is 63.3 Å². The largest absolute Gasteiger partial charge is 0.322 e. The summed E-state index contributed by atoms with van der Waals surface area (Å²) in [5.74, 6) is -3.22. The van der Waals surface area contributed by atoms with Crippen molar-refractivity contribution in [1.82, 2.24) is 0 Å². The van der Waals surface area contributed by atoms with E-state index in [9.17, 15) is 88.8 Å². The summed E-state index contributed by atoms with van der Waals surface area (Å²) < 4.78 is 171. The fourth-order valence-electron chi connectivity index (χ4n) is 8.61. The molecule has 0 atom stereocenters. The Bertz CT molecular complexity index is 4650. The normalized spacial score (nSPS) is 12.2. The van der Waals surface area contributed by atoms with Gasteiger partial charge in [0.15, 0.2) is 0 Å². The minimum atomic E-state index is -5.41. The van der Waals surface area contributed by atoms with E-state index in [2.05, 4.69) is 21.3 Å². The van der Waals surface area contributed by atoms with Crippen LogP contribution in [0.3, 0.4) is 0 Å². The second-order valence-corrected chi connectivity index (χ2v) is 25.3. The van der Waals surface area contributed by atoms with Gasteiger partial charge < -0.3 is 21.3 Å². The van der Waals surface area contributed by atoms with Crippen molar-refractivity contribution in [3.8, 4) is 0 Å². The zero-order valence-electron chi connectivity index (χ0n) is 42.1.